The summed E-state index contributed by atoms with van der Waals surface area (Å²) in [6.07, 6.45) is 2.09. The molecule has 0 saturated carbocycles. The van der Waals surface area contributed by atoms with Crippen LogP contribution in [0.3, 0.4) is 0 Å². The zero-order valence-corrected chi connectivity index (χ0v) is 4.76. The molecule has 1 rings (SSSR count). The van der Waals surface area contributed by atoms with Gasteiger partial charge in [-0.15, -0.1) is 11.3 Å². The Morgan fingerprint density at radius 2 is 2.75 bits per heavy atom. The maximum atomic E-state index is 9.67. The number of amides is 1. The van der Waals surface area contributed by atoms with Gasteiger partial charge in [-0.3, -0.25) is 4.79 Å². The Morgan fingerprint density at radius 3 is 3.25 bits per heavy atom. The van der Waals surface area contributed by atoms with Crippen molar-refractivity contribution in [3.05, 3.63) is 11.6 Å². The molecule has 0 aliphatic carbocycles. The minimum Gasteiger partial charge on any atom is -0.276 e. The fourth-order valence-electron chi connectivity index (χ4n) is 0.325. The molecular formula is C4H3N2OS. The Labute approximate surface area is 50.4 Å². The summed E-state index contributed by atoms with van der Waals surface area (Å²) >= 11 is 1.34. The Kier molecular flexibility index (Phi) is 1.58. The molecule has 0 bridgehead atoms. The van der Waals surface area contributed by atoms with Crippen molar-refractivity contribution in [3.63, 3.8) is 0 Å². The lowest BCUT2D eigenvalue weighted by Gasteiger charge is -1.78. The molecule has 0 aliphatic rings. The van der Waals surface area contributed by atoms with Crippen LogP contribution in [0.2, 0.25) is 0 Å². The summed E-state index contributed by atoms with van der Waals surface area (Å²) in [4.78, 5) is 13.4. The molecule has 0 aliphatic heterocycles. The first-order valence-electron chi connectivity index (χ1n) is 1.97. The molecule has 3 nitrogen and oxygen atoms in total. The molecule has 4 heteroatoms. The fourth-order valence-corrected chi connectivity index (χ4v) is 0.794. The van der Waals surface area contributed by atoms with Crippen LogP contribution >= 0.6 is 11.3 Å². The van der Waals surface area contributed by atoms with Crippen molar-refractivity contribution in [1.82, 2.24) is 10.3 Å². The zero-order valence-electron chi connectivity index (χ0n) is 3.94. The van der Waals surface area contributed by atoms with E-state index in [2.05, 4.69) is 10.3 Å². The predicted octanol–water partition coefficient (Wildman–Crippen LogP) is 0.535. The van der Waals surface area contributed by atoms with E-state index in [1.54, 1.807) is 11.6 Å². The quantitative estimate of drug-likeness (QED) is 0.544. The van der Waals surface area contributed by atoms with E-state index in [1.165, 1.54) is 11.3 Å². The van der Waals surface area contributed by atoms with Crippen LogP contribution in [0.15, 0.2) is 11.6 Å². The molecule has 1 heterocycles. The van der Waals surface area contributed by atoms with E-state index in [-0.39, 0.29) is 0 Å². The highest BCUT2D eigenvalue weighted by molar-refractivity contribution is 7.13. The first kappa shape index (κ1) is 5.24. The second-order valence-electron chi connectivity index (χ2n) is 1.05. The molecule has 0 fully saturated rings. The molecule has 1 amide bonds. The van der Waals surface area contributed by atoms with Crippen LogP contribution in [0, 0.1) is 0 Å². The highest BCUT2D eigenvalue weighted by Gasteiger charge is 1.89. The average molecular weight is 127 g/mol. The van der Waals surface area contributed by atoms with Crippen molar-refractivity contribution in [2.24, 2.45) is 0 Å². The molecule has 1 aromatic heterocycles. The molecule has 0 saturated heterocycles. The van der Waals surface area contributed by atoms with E-state index in [0.29, 0.717) is 11.5 Å². The fraction of sp³-hybridized carbons (Fsp3) is 0. The topological polar surface area (TPSA) is 44.1 Å². The van der Waals surface area contributed by atoms with Gasteiger partial charge in [-0.1, -0.05) is 0 Å². The van der Waals surface area contributed by atoms with E-state index >= 15 is 0 Å². The summed E-state index contributed by atoms with van der Waals surface area (Å²) in [6.45, 7) is 0. The number of thiazole rings is 1. The van der Waals surface area contributed by atoms with Crippen LogP contribution in [-0.4, -0.2) is 11.4 Å². The number of carbonyl (C=O) groups is 1. The van der Waals surface area contributed by atoms with Gasteiger partial charge in [0.1, 0.15) is 0 Å². The van der Waals surface area contributed by atoms with Crippen molar-refractivity contribution >= 4 is 22.9 Å². The number of carbonyl (C=O) groups excluding carboxylic acids is 1. The monoisotopic (exact) mass is 127 g/mol. The lowest BCUT2D eigenvalue weighted by molar-refractivity contribution is -0.108. The van der Waals surface area contributed by atoms with Gasteiger partial charge in [0.2, 0.25) is 11.5 Å². The Morgan fingerprint density at radius 1 is 1.88 bits per heavy atom. The molecule has 8 heavy (non-hydrogen) atoms. The number of aromatic nitrogens is 1. The molecule has 1 radical (unpaired) electrons. The van der Waals surface area contributed by atoms with Gasteiger partial charge in [-0.2, -0.15) is 5.32 Å². The highest BCUT2D eigenvalue weighted by atomic mass is 32.1. The molecule has 41 valence electrons. The number of nitrogens with zero attached hydrogens (tertiary/aromatic N) is 2. The van der Waals surface area contributed by atoms with Crippen LogP contribution in [0.5, 0.6) is 0 Å². The van der Waals surface area contributed by atoms with Crippen LogP contribution in [0.4, 0.5) is 5.13 Å². The third kappa shape index (κ3) is 1.04. The van der Waals surface area contributed by atoms with Crippen LogP contribution in [0.25, 0.3) is 0 Å². The van der Waals surface area contributed by atoms with Crippen molar-refractivity contribution in [2.45, 2.75) is 0 Å². The SMILES string of the molecule is O=C[N]c1nccs1. The van der Waals surface area contributed by atoms with Crippen LogP contribution in [-0.2, 0) is 4.79 Å². The molecule has 0 N–H and O–H groups in total. The van der Waals surface area contributed by atoms with Gasteiger partial charge in [0.25, 0.3) is 0 Å². The second-order valence-corrected chi connectivity index (χ2v) is 1.92. The van der Waals surface area contributed by atoms with Gasteiger partial charge in [-0.25, -0.2) is 4.98 Å². The van der Waals surface area contributed by atoms with Gasteiger partial charge >= 0.3 is 0 Å². The Hall–Kier alpha value is -0.900. The van der Waals surface area contributed by atoms with E-state index in [9.17, 15) is 4.79 Å². The minimum absolute atomic E-state index is 0.485. The first-order valence-corrected chi connectivity index (χ1v) is 2.85. The van der Waals surface area contributed by atoms with E-state index in [0.717, 1.165) is 0 Å². The number of hydrogen-bond donors (Lipinski definition) is 0. The molecule has 0 atom stereocenters. The minimum atomic E-state index is 0.485. The predicted molar refractivity (Wildman–Crippen MR) is 30.0 cm³/mol. The smallest absolute Gasteiger partial charge is 0.235 e. The average Bonchev–Trinajstić information content (AvgIpc) is 2.19. The number of rotatable bonds is 2. The summed E-state index contributed by atoms with van der Waals surface area (Å²) in [6, 6.07) is 0. The standard InChI is InChI=1S/C4H3N2OS/c7-3-6-4-5-1-2-8-4/h1-3H. The summed E-state index contributed by atoms with van der Waals surface area (Å²) in [5.41, 5.74) is 0. The van der Waals surface area contributed by atoms with Crippen molar-refractivity contribution in [3.8, 4) is 0 Å². The summed E-state index contributed by atoms with van der Waals surface area (Å²) in [7, 11) is 0. The second kappa shape index (κ2) is 2.42. The van der Waals surface area contributed by atoms with E-state index < -0.39 is 0 Å². The normalized spacial score (nSPS) is 8.50. The van der Waals surface area contributed by atoms with Crippen molar-refractivity contribution in [1.29, 1.82) is 0 Å². The Bertz CT molecular complexity index is 161. The molecule has 0 spiro atoms. The van der Waals surface area contributed by atoms with Gasteiger partial charge in [0.15, 0.2) is 0 Å². The third-order valence-corrected chi connectivity index (χ3v) is 1.26. The van der Waals surface area contributed by atoms with Crippen molar-refractivity contribution < 1.29 is 4.79 Å². The highest BCUT2D eigenvalue weighted by Crippen LogP contribution is 2.07. The largest absolute Gasteiger partial charge is 0.276 e. The zero-order chi connectivity index (χ0) is 5.82. The van der Waals surface area contributed by atoms with Gasteiger partial charge in [0.05, 0.1) is 0 Å². The van der Waals surface area contributed by atoms with Gasteiger partial charge in [-0.05, 0) is 0 Å². The van der Waals surface area contributed by atoms with E-state index in [4.69, 9.17) is 0 Å². The summed E-state index contributed by atoms with van der Waals surface area (Å²) in [5, 5.41) is 5.67. The van der Waals surface area contributed by atoms with Crippen LogP contribution < -0.4 is 5.32 Å². The molecule has 1 aromatic rings. The first-order chi connectivity index (χ1) is 3.93. The van der Waals surface area contributed by atoms with E-state index in [1.807, 2.05) is 0 Å². The number of hydrogen-bond acceptors (Lipinski definition) is 3. The third-order valence-electron chi connectivity index (χ3n) is 0.582. The molecule has 0 aromatic carbocycles. The lowest BCUT2D eigenvalue weighted by atomic mass is 11.0. The Balaban J connectivity index is 2.62. The molecule has 0 unspecified atom stereocenters. The molecular weight excluding hydrogens is 124 g/mol. The van der Waals surface area contributed by atoms with Crippen LogP contribution in [0.1, 0.15) is 0 Å². The maximum absolute atomic E-state index is 9.67. The van der Waals surface area contributed by atoms with Crippen molar-refractivity contribution in [2.75, 3.05) is 0 Å². The van der Waals surface area contributed by atoms with Gasteiger partial charge < -0.3 is 0 Å². The summed E-state index contributed by atoms with van der Waals surface area (Å²) in [5.74, 6) is 0. The van der Waals surface area contributed by atoms with Gasteiger partial charge in [0, 0.05) is 11.6 Å². The maximum Gasteiger partial charge on any atom is 0.235 e. The summed E-state index contributed by atoms with van der Waals surface area (Å²) < 4.78 is 0. The lowest BCUT2D eigenvalue weighted by Crippen LogP contribution is -1.89.